The molecule has 3 aromatic rings. The Morgan fingerprint density at radius 3 is 2.55 bits per heavy atom. The average molecular weight is 447 g/mol. The maximum Gasteiger partial charge on any atom is 0.329 e. The van der Waals surface area contributed by atoms with E-state index in [0.717, 1.165) is 41.7 Å². The zero-order chi connectivity index (χ0) is 23.5. The highest BCUT2D eigenvalue weighted by molar-refractivity contribution is 5.81. The van der Waals surface area contributed by atoms with E-state index in [1.165, 1.54) is 12.0 Å². The van der Waals surface area contributed by atoms with E-state index in [-0.39, 0.29) is 12.1 Å². The minimum absolute atomic E-state index is 0.0124. The second-order valence-corrected chi connectivity index (χ2v) is 10.2. The van der Waals surface area contributed by atoms with Crippen LogP contribution in [0.15, 0.2) is 48.5 Å². The molecule has 4 nitrogen and oxygen atoms in total. The number of hydrogen-bond acceptors (Lipinski definition) is 3. The zero-order valence-corrected chi connectivity index (χ0v) is 20.8. The number of esters is 1. The van der Waals surface area contributed by atoms with Crippen LogP contribution in [0.25, 0.3) is 11.0 Å². The number of fused-ring (bicyclic) bond motifs is 1. The molecule has 0 bridgehead atoms. The van der Waals surface area contributed by atoms with Crippen LogP contribution in [0.2, 0.25) is 0 Å². The number of aromatic nitrogens is 2. The van der Waals surface area contributed by atoms with Crippen LogP contribution >= 0.6 is 0 Å². The Morgan fingerprint density at radius 2 is 1.85 bits per heavy atom. The number of ether oxygens (including phenoxy) is 1. The number of imidazole rings is 1. The molecule has 1 aliphatic carbocycles. The predicted octanol–water partition coefficient (Wildman–Crippen LogP) is 6.69. The first-order chi connectivity index (χ1) is 15.9. The van der Waals surface area contributed by atoms with Gasteiger partial charge < -0.3 is 9.30 Å². The van der Waals surface area contributed by atoms with Crippen molar-refractivity contribution in [3.05, 3.63) is 65.5 Å². The van der Waals surface area contributed by atoms with Gasteiger partial charge in [0.15, 0.2) is 0 Å². The molecule has 0 spiro atoms. The van der Waals surface area contributed by atoms with Crippen LogP contribution in [0.3, 0.4) is 0 Å². The maximum absolute atomic E-state index is 13.9. The van der Waals surface area contributed by atoms with Crippen LogP contribution in [-0.4, -0.2) is 21.6 Å². The van der Waals surface area contributed by atoms with Crippen molar-refractivity contribution in [1.29, 1.82) is 0 Å². The largest absolute Gasteiger partial charge is 0.461 e. The highest BCUT2D eigenvalue weighted by atomic mass is 16.5. The van der Waals surface area contributed by atoms with Crippen molar-refractivity contribution in [2.75, 3.05) is 0 Å². The fourth-order valence-electron chi connectivity index (χ4n) is 5.40. The van der Waals surface area contributed by atoms with Gasteiger partial charge in [-0.1, -0.05) is 76.1 Å². The minimum Gasteiger partial charge on any atom is -0.461 e. The second kappa shape index (κ2) is 10.1. The summed E-state index contributed by atoms with van der Waals surface area (Å²) in [6, 6.07) is 16.2. The molecule has 0 saturated heterocycles. The molecule has 4 atom stereocenters. The SMILES string of the molecule is CCc1nc2ccccc2n1[C@H](Cc1ccc(C)cc1)C(=O)O[C@@H]1C[C@H](C)CC[C@H]1C(C)C. The van der Waals surface area contributed by atoms with E-state index in [9.17, 15) is 4.79 Å². The number of carbonyl (C=O) groups excluding carboxylic acids is 1. The van der Waals surface area contributed by atoms with Crippen LogP contribution in [0.4, 0.5) is 0 Å². The molecule has 176 valence electrons. The highest BCUT2D eigenvalue weighted by Gasteiger charge is 2.36. The number of aryl methyl sites for hydroxylation is 2. The zero-order valence-electron chi connectivity index (χ0n) is 20.8. The van der Waals surface area contributed by atoms with Crippen molar-refractivity contribution in [3.63, 3.8) is 0 Å². The molecule has 1 fully saturated rings. The third kappa shape index (κ3) is 5.15. The third-order valence-corrected chi connectivity index (χ3v) is 7.35. The lowest BCUT2D eigenvalue weighted by Crippen LogP contribution is -2.38. The molecule has 0 amide bonds. The van der Waals surface area contributed by atoms with Gasteiger partial charge in [0.05, 0.1) is 11.0 Å². The molecule has 0 unspecified atom stereocenters. The molecule has 2 aromatic carbocycles. The summed E-state index contributed by atoms with van der Waals surface area (Å²) in [5, 5.41) is 0. The van der Waals surface area contributed by atoms with Crippen molar-refractivity contribution in [1.82, 2.24) is 9.55 Å². The molecule has 4 heteroatoms. The number of carbonyl (C=O) groups is 1. The van der Waals surface area contributed by atoms with Crippen molar-refractivity contribution < 1.29 is 9.53 Å². The number of nitrogens with zero attached hydrogens (tertiary/aromatic N) is 2. The standard InChI is InChI=1S/C29H38N2O2/c1-6-28-30-24-9-7-8-10-25(24)31(28)26(18-22-14-11-20(4)12-15-22)29(32)33-27-17-21(5)13-16-23(27)19(2)3/h7-12,14-15,19,21,23,26-27H,6,13,16-18H2,1-5H3/t21-,23+,26-,27-/m1/s1. The summed E-state index contributed by atoms with van der Waals surface area (Å²) >= 11 is 0. The number of para-hydroxylation sites is 2. The van der Waals surface area contributed by atoms with E-state index in [4.69, 9.17) is 9.72 Å². The van der Waals surface area contributed by atoms with Gasteiger partial charge in [0, 0.05) is 12.8 Å². The van der Waals surface area contributed by atoms with Crippen molar-refractivity contribution in [3.8, 4) is 0 Å². The van der Waals surface area contributed by atoms with Crippen LogP contribution in [0.5, 0.6) is 0 Å². The van der Waals surface area contributed by atoms with E-state index < -0.39 is 6.04 Å². The Balaban J connectivity index is 1.71. The van der Waals surface area contributed by atoms with Gasteiger partial charge in [-0.05, 0) is 55.2 Å². The first kappa shape index (κ1) is 23.5. The quantitative estimate of drug-likeness (QED) is 0.380. The minimum atomic E-state index is -0.430. The lowest BCUT2D eigenvalue weighted by Gasteiger charge is -2.37. The highest BCUT2D eigenvalue weighted by Crippen LogP contribution is 2.36. The Hall–Kier alpha value is -2.62. The van der Waals surface area contributed by atoms with Crippen LogP contribution in [0, 0.1) is 24.7 Å². The summed E-state index contributed by atoms with van der Waals surface area (Å²) in [6.45, 7) is 11.0. The summed E-state index contributed by atoms with van der Waals surface area (Å²) in [5.74, 6) is 2.33. The number of benzene rings is 2. The summed E-state index contributed by atoms with van der Waals surface area (Å²) in [6.07, 6.45) is 4.66. The lowest BCUT2D eigenvalue weighted by molar-refractivity contribution is -0.160. The lowest BCUT2D eigenvalue weighted by atomic mass is 9.75. The number of hydrogen-bond donors (Lipinski definition) is 0. The Morgan fingerprint density at radius 1 is 1.12 bits per heavy atom. The van der Waals surface area contributed by atoms with Crippen molar-refractivity contribution in [2.45, 2.75) is 78.9 Å². The van der Waals surface area contributed by atoms with E-state index >= 15 is 0 Å². The Labute approximate surface area is 198 Å². The molecule has 0 aliphatic heterocycles. The summed E-state index contributed by atoms with van der Waals surface area (Å²) in [7, 11) is 0. The van der Waals surface area contributed by atoms with E-state index in [1.807, 2.05) is 18.2 Å². The Kier molecular flexibility index (Phi) is 7.21. The van der Waals surface area contributed by atoms with Gasteiger partial charge in [0.25, 0.3) is 0 Å². The van der Waals surface area contributed by atoms with Gasteiger partial charge in [-0.2, -0.15) is 0 Å². The summed E-state index contributed by atoms with van der Waals surface area (Å²) in [4.78, 5) is 18.7. The van der Waals surface area contributed by atoms with Gasteiger partial charge in [0.2, 0.25) is 0 Å². The first-order valence-corrected chi connectivity index (χ1v) is 12.6. The smallest absolute Gasteiger partial charge is 0.329 e. The fraction of sp³-hybridized carbons (Fsp3) is 0.517. The Bertz CT molecular complexity index is 1080. The molecule has 0 N–H and O–H groups in total. The number of rotatable bonds is 7. The average Bonchev–Trinajstić information content (AvgIpc) is 3.17. The van der Waals surface area contributed by atoms with E-state index in [1.54, 1.807) is 0 Å². The molecule has 1 aromatic heterocycles. The molecule has 0 radical (unpaired) electrons. The van der Waals surface area contributed by atoms with Gasteiger partial charge in [-0.15, -0.1) is 0 Å². The van der Waals surface area contributed by atoms with Crippen molar-refractivity contribution in [2.24, 2.45) is 17.8 Å². The van der Waals surface area contributed by atoms with Crippen LogP contribution in [0.1, 0.15) is 70.0 Å². The van der Waals surface area contributed by atoms with Gasteiger partial charge in [0.1, 0.15) is 18.0 Å². The van der Waals surface area contributed by atoms with E-state index in [0.29, 0.717) is 24.2 Å². The summed E-state index contributed by atoms with van der Waals surface area (Å²) in [5.41, 5.74) is 4.29. The summed E-state index contributed by atoms with van der Waals surface area (Å²) < 4.78 is 8.51. The maximum atomic E-state index is 13.9. The molecule has 4 rings (SSSR count). The second-order valence-electron chi connectivity index (χ2n) is 10.2. The molecular formula is C29H38N2O2. The molecule has 1 aliphatic rings. The van der Waals surface area contributed by atoms with Crippen LogP contribution < -0.4 is 0 Å². The molecule has 1 heterocycles. The van der Waals surface area contributed by atoms with Gasteiger partial charge in [-0.3, -0.25) is 0 Å². The first-order valence-electron chi connectivity index (χ1n) is 12.6. The fourth-order valence-corrected chi connectivity index (χ4v) is 5.40. The molecular weight excluding hydrogens is 408 g/mol. The van der Waals surface area contributed by atoms with Gasteiger partial charge in [-0.25, -0.2) is 9.78 Å². The van der Waals surface area contributed by atoms with Gasteiger partial charge >= 0.3 is 5.97 Å². The van der Waals surface area contributed by atoms with Crippen LogP contribution in [-0.2, 0) is 22.4 Å². The predicted molar refractivity (Wildman–Crippen MR) is 134 cm³/mol. The topological polar surface area (TPSA) is 44.1 Å². The van der Waals surface area contributed by atoms with E-state index in [2.05, 4.69) is 69.5 Å². The molecule has 1 saturated carbocycles. The third-order valence-electron chi connectivity index (χ3n) is 7.35. The van der Waals surface area contributed by atoms with Crippen molar-refractivity contribution >= 4 is 17.0 Å². The monoisotopic (exact) mass is 446 g/mol. The molecule has 33 heavy (non-hydrogen) atoms. The normalized spacial score (nSPS) is 21.9.